The van der Waals surface area contributed by atoms with E-state index in [-0.39, 0.29) is 17.0 Å². The lowest BCUT2D eigenvalue weighted by molar-refractivity contribution is -0.0488. The van der Waals surface area contributed by atoms with Crippen LogP contribution in [-0.2, 0) is 27.3 Å². The molecule has 2 unspecified atom stereocenters. The number of nitrogens with zero attached hydrogens (tertiary/aromatic N) is 4. The van der Waals surface area contributed by atoms with E-state index >= 15 is 0 Å². The van der Waals surface area contributed by atoms with Crippen LogP contribution in [0.25, 0.3) is 11.2 Å². The predicted octanol–water partition coefficient (Wildman–Crippen LogP) is -1.22. The van der Waals surface area contributed by atoms with Crippen molar-refractivity contribution in [3.8, 4) is 0 Å². The Kier molecular flexibility index (Phi) is 6.91. The van der Waals surface area contributed by atoms with Crippen LogP contribution in [0.15, 0.2) is 12.7 Å². The van der Waals surface area contributed by atoms with Crippen LogP contribution < -0.4 is 5.73 Å². The van der Waals surface area contributed by atoms with Gasteiger partial charge >= 0.3 is 28.7 Å². The van der Waals surface area contributed by atoms with Crippen LogP contribution in [0.4, 0.5) is 10.2 Å². The molecule has 0 aromatic carbocycles. The monoisotopic (exact) mass is 523 g/mol. The topological polar surface area (TPSA) is 270 Å². The minimum atomic E-state index is -5.96. The van der Waals surface area contributed by atoms with Gasteiger partial charge in [0.1, 0.15) is 30.2 Å². The van der Waals surface area contributed by atoms with Gasteiger partial charge in [0.05, 0.1) is 12.9 Å². The van der Waals surface area contributed by atoms with Crippen LogP contribution in [0.5, 0.6) is 0 Å². The highest BCUT2D eigenvalue weighted by molar-refractivity contribution is 7.74. The molecule has 180 valence electrons. The number of rotatable bonds is 8. The van der Waals surface area contributed by atoms with Crippen molar-refractivity contribution in [1.29, 1.82) is 0 Å². The highest BCUT2D eigenvalue weighted by Gasteiger charge is 2.53. The number of aliphatic hydroxyl groups is 2. The first-order valence-electron chi connectivity index (χ1n) is 8.29. The number of nitrogen functional groups attached to an aromatic ring is 1. The molecule has 0 saturated carbocycles. The van der Waals surface area contributed by atoms with Crippen molar-refractivity contribution in [2.24, 2.45) is 0 Å². The zero-order valence-electron chi connectivity index (χ0n) is 15.5. The van der Waals surface area contributed by atoms with Crippen LogP contribution in [0, 0.1) is 0 Å². The first-order chi connectivity index (χ1) is 14.6. The molecule has 7 atom stereocenters. The van der Waals surface area contributed by atoms with Crippen LogP contribution >= 0.6 is 23.0 Å². The van der Waals surface area contributed by atoms with E-state index in [1.807, 2.05) is 0 Å². The maximum atomic E-state index is 14.0. The number of aromatic nitrogens is 4. The molecule has 1 aliphatic rings. The number of hydrogen-bond donors (Lipinski definition) is 7. The van der Waals surface area contributed by atoms with Gasteiger partial charge in [-0.25, -0.2) is 28.2 Å². The number of aliphatic hydroxyl groups excluding tert-OH is 2. The normalized spacial score (nSPS) is 29.0. The molecule has 0 radical (unpaired) electrons. The third-order valence-electron chi connectivity index (χ3n) is 4.18. The smallest absolute Gasteiger partial charge is 0.387 e. The molecule has 2 aromatic rings. The summed E-state index contributed by atoms with van der Waals surface area (Å²) in [5.74, 6) is 0.0165. The van der Waals surface area contributed by atoms with Gasteiger partial charge in [-0.1, -0.05) is 0 Å². The fourth-order valence-corrected chi connectivity index (χ4v) is 6.84. The number of hydrogen-bond acceptors (Lipinski definition) is 12. The minimum absolute atomic E-state index is 0.0165. The summed E-state index contributed by atoms with van der Waals surface area (Å²) in [6.45, 7) is -1.08. The van der Waals surface area contributed by atoms with Crippen molar-refractivity contribution < 1.29 is 61.4 Å². The van der Waals surface area contributed by atoms with E-state index in [2.05, 4.69) is 23.8 Å². The van der Waals surface area contributed by atoms with Crippen molar-refractivity contribution in [1.82, 2.24) is 19.5 Å². The molecule has 1 saturated heterocycles. The lowest BCUT2D eigenvalue weighted by Crippen LogP contribution is -2.33. The lowest BCUT2D eigenvalue weighted by Gasteiger charge is -2.22. The number of nitrogens with two attached hydrogens (primary N) is 1. The fourth-order valence-electron chi connectivity index (χ4n) is 2.77. The van der Waals surface area contributed by atoms with Gasteiger partial charge in [-0.3, -0.25) is 13.7 Å². The molecule has 3 heterocycles. The van der Waals surface area contributed by atoms with E-state index in [0.717, 1.165) is 12.7 Å². The van der Waals surface area contributed by atoms with Crippen molar-refractivity contribution >= 4 is 40.0 Å². The van der Waals surface area contributed by atoms with Gasteiger partial charge in [0, 0.05) is 0 Å². The van der Waals surface area contributed by atoms with Gasteiger partial charge in [0.25, 0.3) is 0 Å². The second-order valence-electron chi connectivity index (χ2n) is 6.44. The van der Waals surface area contributed by atoms with Gasteiger partial charge in [0.15, 0.2) is 17.7 Å². The zero-order valence-corrected chi connectivity index (χ0v) is 18.2. The Labute approximate surface area is 176 Å². The Balaban J connectivity index is 1.73. The summed E-state index contributed by atoms with van der Waals surface area (Å²) in [6, 6.07) is 0. The Morgan fingerprint density at radius 1 is 1.12 bits per heavy atom. The molecule has 21 heteroatoms. The molecule has 8 N–H and O–H groups in total. The maximum Gasteiger partial charge on any atom is 0.476 e. The number of phosphoric acid groups is 1. The molecular formula is C11H17FN5O12P3. The number of halogens is 1. The van der Waals surface area contributed by atoms with Gasteiger partial charge in [-0.2, -0.15) is 0 Å². The van der Waals surface area contributed by atoms with E-state index in [1.54, 1.807) is 0 Å². The predicted molar refractivity (Wildman–Crippen MR) is 99.3 cm³/mol. The molecular weight excluding hydrogens is 506 g/mol. The molecule has 3 rings (SSSR count). The first kappa shape index (κ1) is 25.2. The summed E-state index contributed by atoms with van der Waals surface area (Å²) < 4.78 is 62.4. The molecule has 17 nitrogen and oxygen atoms in total. The van der Waals surface area contributed by atoms with Crippen LogP contribution in [-0.4, -0.2) is 79.9 Å². The zero-order chi connectivity index (χ0) is 24.1. The summed E-state index contributed by atoms with van der Waals surface area (Å²) in [7, 11) is -17.3. The van der Waals surface area contributed by atoms with Crippen molar-refractivity contribution in [3.05, 3.63) is 12.7 Å². The molecule has 0 spiro atoms. The molecule has 1 fully saturated rings. The molecule has 2 aromatic heterocycles. The average Bonchev–Trinajstić information content (AvgIpc) is 3.21. The third-order valence-corrected chi connectivity index (χ3v) is 9.32. The largest absolute Gasteiger partial charge is 0.476 e. The van der Waals surface area contributed by atoms with Gasteiger partial charge in [-0.05, 0) is 0 Å². The fraction of sp³-hybridized carbons (Fsp3) is 0.545. The standard InChI is InChI=1S/C11H17FN5O12P3/c12-11(31(22,23)29-32(24,25)26)30(20,21)27-1-4-6(18)7(19)10(28-4)17-3-16-5-8(13)14-2-15-9(5)17/h2-4,6-7,10-11,18-19H,1H2,(H,20,21)(H,22,23)(H2,13,14,15)(H2,24,25,26)/t4-,6-,7-,10-,11+/m1/s1. The lowest BCUT2D eigenvalue weighted by atomic mass is 10.1. The van der Waals surface area contributed by atoms with E-state index in [9.17, 15) is 38.1 Å². The SMILES string of the molecule is Nc1ncnc2c1ncn2[C@@H]1O[C@H](COP(=O)(O)[C@H](F)P(=O)(O)OP(=O)(O)O)[C@@H](O)[C@H]1O. The molecule has 0 bridgehead atoms. The van der Waals surface area contributed by atoms with E-state index < -0.39 is 59.8 Å². The van der Waals surface area contributed by atoms with Crippen LogP contribution in [0.1, 0.15) is 6.23 Å². The summed E-state index contributed by atoms with van der Waals surface area (Å²) >= 11 is 0. The highest BCUT2D eigenvalue weighted by atomic mass is 31.3. The summed E-state index contributed by atoms with van der Waals surface area (Å²) in [4.78, 5) is 47.5. The minimum Gasteiger partial charge on any atom is -0.387 e. The third kappa shape index (κ3) is 5.07. The Morgan fingerprint density at radius 3 is 2.41 bits per heavy atom. The van der Waals surface area contributed by atoms with E-state index in [1.165, 1.54) is 4.57 Å². The summed E-state index contributed by atoms with van der Waals surface area (Å²) in [5, 5.41) is 20.4. The van der Waals surface area contributed by atoms with E-state index in [4.69, 9.17) is 20.3 Å². The second-order valence-corrected chi connectivity index (χ2v) is 11.9. The second kappa shape index (κ2) is 8.76. The average molecular weight is 523 g/mol. The Morgan fingerprint density at radius 2 is 1.78 bits per heavy atom. The number of imidazole rings is 1. The maximum absolute atomic E-state index is 14.0. The van der Waals surface area contributed by atoms with Crippen molar-refractivity contribution in [2.75, 3.05) is 12.3 Å². The Bertz CT molecular complexity index is 1140. The van der Waals surface area contributed by atoms with Crippen molar-refractivity contribution in [3.63, 3.8) is 0 Å². The Hall–Kier alpha value is -1.39. The quantitative estimate of drug-likeness (QED) is 0.200. The van der Waals surface area contributed by atoms with Gasteiger partial charge in [-0.15, -0.1) is 0 Å². The molecule has 0 amide bonds. The number of alkyl halides is 1. The molecule has 1 aliphatic heterocycles. The first-order valence-corrected chi connectivity index (χ1v) is 13.1. The molecule has 32 heavy (non-hydrogen) atoms. The number of fused-ring (bicyclic) bond motifs is 1. The number of anilines is 1. The molecule has 0 aliphatic carbocycles. The van der Waals surface area contributed by atoms with Crippen LogP contribution in [0.3, 0.4) is 0 Å². The van der Waals surface area contributed by atoms with Crippen LogP contribution in [0.2, 0.25) is 0 Å². The highest BCUT2D eigenvalue weighted by Crippen LogP contribution is 2.70. The van der Waals surface area contributed by atoms with Gasteiger partial charge < -0.3 is 44.8 Å². The number of ether oxygens (including phenoxy) is 1. The van der Waals surface area contributed by atoms with Gasteiger partial charge in [0.2, 0.25) is 0 Å². The van der Waals surface area contributed by atoms with Crippen molar-refractivity contribution in [2.45, 2.75) is 30.2 Å². The van der Waals surface area contributed by atoms with E-state index in [0.29, 0.717) is 0 Å². The summed E-state index contributed by atoms with van der Waals surface area (Å²) in [6.07, 6.45) is -4.04. The summed E-state index contributed by atoms with van der Waals surface area (Å²) in [5.41, 5.74) is 2.18.